The van der Waals surface area contributed by atoms with Gasteiger partial charge in [-0.05, 0) is 78.7 Å². The lowest BCUT2D eigenvalue weighted by Crippen LogP contribution is -2.23. The first-order valence-corrected chi connectivity index (χ1v) is 12.7. The predicted molar refractivity (Wildman–Crippen MR) is 154 cm³/mol. The maximum absolute atomic E-state index is 13.1. The van der Waals surface area contributed by atoms with Crippen molar-refractivity contribution < 1.29 is 9.18 Å². The van der Waals surface area contributed by atoms with Crippen LogP contribution in [0.2, 0.25) is 0 Å². The smallest absolute Gasteiger partial charge is 0.255 e. The van der Waals surface area contributed by atoms with E-state index in [2.05, 4.69) is 34.7 Å². The molecule has 0 radical (unpaired) electrons. The second kappa shape index (κ2) is 11.7. The van der Waals surface area contributed by atoms with Crippen LogP contribution in [0.25, 0.3) is 10.9 Å². The number of halogens is 1. The van der Waals surface area contributed by atoms with E-state index in [1.54, 1.807) is 6.20 Å². The summed E-state index contributed by atoms with van der Waals surface area (Å²) in [6.07, 6.45) is 2.60. The van der Waals surface area contributed by atoms with Gasteiger partial charge in [0.15, 0.2) is 0 Å². The average molecular weight is 521 g/mol. The van der Waals surface area contributed by atoms with Crippen molar-refractivity contribution in [2.24, 2.45) is 0 Å². The summed E-state index contributed by atoms with van der Waals surface area (Å²) in [7, 11) is 1.99. The molecule has 0 unspecified atom stereocenters. The van der Waals surface area contributed by atoms with E-state index in [4.69, 9.17) is 9.97 Å². The number of rotatable bonds is 9. The second-order valence-corrected chi connectivity index (χ2v) is 9.40. The summed E-state index contributed by atoms with van der Waals surface area (Å²) in [5.74, 6) is 0.736. The second-order valence-electron chi connectivity index (χ2n) is 9.40. The Balaban J connectivity index is 1.28. The van der Waals surface area contributed by atoms with Gasteiger partial charge in [-0.1, -0.05) is 24.3 Å². The molecule has 196 valence electrons. The van der Waals surface area contributed by atoms with Gasteiger partial charge in [-0.25, -0.2) is 9.37 Å². The number of aromatic nitrogens is 3. The highest BCUT2D eigenvalue weighted by Gasteiger charge is 2.12. The molecule has 39 heavy (non-hydrogen) atoms. The molecular formula is C31H29FN6O. The number of hydrogen-bond donors (Lipinski definition) is 2. The Bertz CT molecular complexity index is 1570. The number of pyridine rings is 1. The first-order valence-electron chi connectivity index (χ1n) is 12.7. The van der Waals surface area contributed by atoms with Crippen molar-refractivity contribution in [2.75, 3.05) is 29.1 Å². The zero-order chi connectivity index (χ0) is 27.2. The first-order chi connectivity index (χ1) is 18.9. The molecule has 0 atom stereocenters. The van der Waals surface area contributed by atoms with Crippen molar-refractivity contribution in [3.63, 3.8) is 0 Å². The molecule has 0 saturated carbocycles. The Morgan fingerprint density at radius 2 is 1.74 bits per heavy atom. The molecule has 2 aromatic heterocycles. The number of anilines is 3. The van der Waals surface area contributed by atoms with Gasteiger partial charge in [0.25, 0.3) is 5.91 Å². The summed E-state index contributed by atoms with van der Waals surface area (Å²) in [5, 5.41) is 7.26. The highest BCUT2D eigenvalue weighted by atomic mass is 19.1. The Hall–Kier alpha value is -4.85. The van der Waals surface area contributed by atoms with Crippen molar-refractivity contribution in [3.8, 4) is 0 Å². The van der Waals surface area contributed by atoms with Gasteiger partial charge >= 0.3 is 0 Å². The lowest BCUT2D eigenvalue weighted by Gasteiger charge is -2.19. The molecule has 3 aromatic carbocycles. The van der Waals surface area contributed by atoms with Crippen LogP contribution in [-0.4, -0.2) is 34.5 Å². The van der Waals surface area contributed by atoms with E-state index in [0.29, 0.717) is 23.7 Å². The number of amides is 1. The van der Waals surface area contributed by atoms with Crippen molar-refractivity contribution >= 4 is 34.3 Å². The van der Waals surface area contributed by atoms with E-state index < -0.39 is 0 Å². The molecule has 5 aromatic rings. The van der Waals surface area contributed by atoms with Crippen LogP contribution >= 0.6 is 0 Å². The number of hydrogen-bond acceptors (Lipinski definition) is 6. The van der Waals surface area contributed by atoms with E-state index in [-0.39, 0.29) is 11.7 Å². The molecule has 1 amide bonds. The summed E-state index contributed by atoms with van der Waals surface area (Å²) >= 11 is 0. The van der Waals surface area contributed by atoms with E-state index in [1.807, 2.05) is 60.5 Å². The van der Waals surface area contributed by atoms with Gasteiger partial charge in [0.05, 0.1) is 5.52 Å². The zero-order valence-electron chi connectivity index (χ0n) is 21.9. The number of carbonyl (C=O) groups excluding carboxylic acids is 1. The van der Waals surface area contributed by atoms with E-state index >= 15 is 0 Å². The number of nitrogens with one attached hydrogen (secondary N) is 2. The third kappa shape index (κ3) is 6.54. The standard InChI is InChI=1S/C31H29FN6O/c1-21-6-15-27-28(19-21)36-31(38(2)18-16-25-5-3-4-17-33-25)37-29(27)34-20-22-7-13-26(14-8-22)35-30(39)23-9-11-24(32)12-10-23/h3-15,17,19H,16,18,20H2,1-2H3,(H,35,39)(H,34,36,37). The molecule has 2 heterocycles. The number of benzene rings is 3. The third-order valence-electron chi connectivity index (χ3n) is 6.39. The Morgan fingerprint density at radius 1 is 0.949 bits per heavy atom. The van der Waals surface area contributed by atoms with Crippen LogP contribution in [-0.2, 0) is 13.0 Å². The number of carbonyl (C=O) groups is 1. The normalized spacial score (nSPS) is 10.8. The number of aryl methyl sites for hydroxylation is 1. The van der Waals surface area contributed by atoms with E-state index in [0.717, 1.165) is 46.5 Å². The van der Waals surface area contributed by atoms with Gasteiger partial charge in [0, 0.05) is 55.1 Å². The molecular weight excluding hydrogens is 491 g/mol. The molecule has 2 N–H and O–H groups in total. The van der Waals surface area contributed by atoms with Gasteiger partial charge in [-0.3, -0.25) is 9.78 Å². The maximum Gasteiger partial charge on any atom is 0.255 e. The molecule has 0 aliphatic rings. The SMILES string of the molecule is Cc1ccc2c(NCc3ccc(NC(=O)c4ccc(F)cc4)cc3)nc(N(C)CCc3ccccn3)nc2c1. The number of likely N-dealkylation sites (N-methyl/N-ethyl adjacent to an activating group) is 1. The Kier molecular flexibility index (Phi) is 7.73. The molecule has 0 aliphatic carbocycles. The highest BCUT2D eigenvalue weighted by Crippen LogP contribution is 2.25. The minimum atomic E-state index is -0.377. The van der Waals surface area contributed by atoms with Crippen LogP contribution in [0.3, 0.4) is 0 Å². The highest BCUT2D eigenvalue weighted by molar-refractivity contribution is 6.04. The molecule has 0 bridgehead atoms. The van der Waals surface area contributed by atoms with Gasteiger partial charge in [0.2, 0.25) is 5.95 Å². The average Bonchev–Trinajstić information content (AvgIpc) is 2.96. The van der Waals surface area contributed by atoms with Crippen molar-refractivity contribution in [2.45, 2.75) is 19.9 Å². The molecule has 0 spiro atoms. The fourth-order valence-electron chi connectivity index (χ4n) is 4.16. The van der Waals surface area contributed by atoms with Crippen LogP contribution in [0.15, 0.2) is 91.1 Å². The summed E-state index contributed by atoms with van der Waals surface area (Å²) in [4.78, 5) is 28.5. The van der Waals surface area contributed by atoms with Crippen LogP contribution in [0.1, 0.15) is 27.2 Å². The Morgan fingerprint density at radius 3 is 2.49 bits per heavy atom. The van der Waals surface area contributed by atoms with Crippen molar-refractivity contribution in [1.29, 1.82) is 0 Å². The molecule has 0 aliphatic heterocycles. The lowest BCUT2D eigenvalue weighted by atomic mass is 10.1. The van der Waals surface area contributed by atoms with Crippen LogP contribution < -0.4 is 15.5 Å². The summed E-state index contributed by atoms with van der Waals surface area (Å²) in [5.41, 5.74) is 5.12. The third-order valence-corrected chi connectivity index (χ3v) is 6.39. The summed E-state index contributed by atoms with van der Waals surface area (Å²) < 4.78 is 13.1. The minimum Gasteiger partial charge on any atom is -0.365 e. The number of nitrogens with zero attached hydrogens (tertiary/aromatic N) is 4. The zero-order valence-corrected chi connectivity index (χ0v) is 21.9. The van der Waals surface area contributed by atoms with Crippen molar-refractivity contribution in [3.05, 3.63) is 119 Å². The maximum atomic E-state index is 13.1. The van der Waals surface area contributed by atoms with E-state index in [1.165, 1.54) is 24.3 Å². The van der Waals surface area contributed by atoms with Crippen LogP contribution in [0.5, 0.6) is 0 Å². The topological polar surface area (TPSA) is 83.0 Å². The van der Waals surface area contributed by atoms with Gasteiger partial charge in [-0.15, -0.1) is 0 Å². The molecule has 8 heteroatoms. The van der Waals surface area contributed by atoms with Gasteiger partial charge in [-0.2, -0.15) is 4.98 Å². The van der Waals surface area contributed by atoms with Crippen molar-refractivity contribution in [1.82, 2.24) is 15.0 Å². The lowest BCUT2D eigenvalue weighted by molar-refractivity contribution is 0.102. The monoisotopic (exact) mass is 520 g/mol. The van der Waals surface area contributed by atoms with Crippen LogP contribution in [0, 0.1) is 12.7 Å². The largest absolute Gasteiger partial charge is 0.365 e. The number of fused-ring (bicyclic) bond motifs is 1. The summed E-state index contributed by atoms with van der Waals surface area (Å²) in [6, 6.07) is 25.1. The van der Waals surface area contributed by atoms with Gasteiger partial charge < -0.3 is 15.5 Å². The minimum absolute atomic E-state index is 0.289. The molecule has 5 rings (SSSR count). The van der Waals surface area contributed by atoms with E-state index in [9.17, 15) is 9.18 Å². The quantitative estimate of drug-likeness (QED) is 0.248. The first kappa shape index (κ1) is 25.8. The fraction of sp³-hybridized carbons (Fsp3) is 0.161. The van der Waals surface area contributed by atoms with Gasteiger partial charge in [0.1, 0.15) is 11.6 Å². The molecule has 7 nitrogen and oxygen atoms in total. The Labute approximate surface area is 226 Å². The molecule has 0 fully saturated rings. The summed E-state index contributed by atoms with van der Waals surface area (Å²) in [6.45, 7) is 3.33. The fourth-order valence-corrected chi connectivity index (χ4v) is 4.16. The predicted octanol–water partition coefficient (Wildman–Crippen LogP) is 6.02. The van der Waals surface area contributed by atoms with Crippen LogP contribution in [0.4, 0.5) is 21.8 Å². The molecule has 0 saturated heterocycles.